The summed E-state index contributed by atoms with van der Waals surface area (Å²) in [5.74, 6) is 0.908. The molecule has 5 aromatic rings. The molecule has 0 bridgehead atoms. The monoisotopic (exact) mass is 320 g/mol. The van der Waals surface area contributed by atoms with E-state index < -0.39 is 0 Å². The molecule has 25 heavy (non-hydrogen) atoms. The van der Waals surface area contributed by atoms with Crippen LogP contribution in [0.4, 0.5) is 0 Å². The normalized spacial score (nSPS) is 11.2. The van der Waals surface area contributed by atoms with Crippen LogP contribution in [0, 0.1) is 0 Å². The Balaban J connectivity index is 1.59. The van der Waals surface area contributed by atoms with E-state index in [4.69, 9.17) is 0 Å². The molecule has 0 fully saturated rings. The van der Waals surface area contributed by atoms with Gasteiger partial charge in [0.15, 0.2) is 0 Å². The van der Waals surface area contributed by atoms with Crippen molar-refractivity contribution in [1.29, 1.82) is 0 Å². The van der Waals surface area contributed by atoms with E-state index in [0.717, 1.165) is 22.4 Å². The van der Waals surface area contributed by atoms with Crippen molar-refractivity contribution >= 4 is 21.8 Å². The second-order valence-electron chi connectivity index (χ2n) is 6.21. The van der Waals surface area contributed by atoms with Crippen molar-refractivity contribution in [2.45, 2.75) is 0 Å². The minimum atomic E-state index is 0.908. The van der Waals surface area contributed by atoms with E-state index in [0.29, 0.717) is 0 Å². The summed E-state index contributed by atoms with van der Waals surface area (Å²) in [6.07, 6.45) is 0. The molecule has 0 amide bonds. The highest BCUT2D eigenvalue weighted by Gasteiger charge is 2.07. The first-order valence-corrected chi connectivity index (χ1v) is 8.42. The lowest BCUT2D eigenvalue weighted by atomic mass is 9.97. The molecule has 0 atom stereocenters. The molecule has 5 rings (SSSR count). The smallest absolute Gasteiger partial charge is 0.138 e. The molecular formula is C23H16N2. The van der Waals surface area contributed by atoms with Crippen LogP contribution < -0.4 is 0 Å². The van der Waals surface area contributed by atoms with Crippen LogP contribution >= 0.6 is 0 Å². The van der Waals surface area contributed by atoms with Crippen molar-refractivity contribution in [2.75, 3.05) is 0 Å². The Morgan fingerprint density at radius 2 is 1.32 bits per heavy atom. The standard InChI is InChI=1S/C23H16N2/c1-2-8-19-16(6-1)7-5-9-20(19)17-12-14-18(15-13-17)23-24-21-10-3-4-11-22(21)25-23/h1-15H,(H,24,25). The maximum absolute atomic E-state index is 4.68. The molecule has 118 valence electrons. The van der Waals surface area contributed by atoms with Crippen LogP contribution in [0.5, 0.6) is 0 Å². The van der Waals surface area contributed by atoms with Crippen molar-refractivity contribution in [3.63, 3.8) is 0 Å². The fourth-order valence-electron chi connectivity index (χ4n) is 3.37. The molecule has 0 unspecified atom stereocenters. The number of nitrogens with one attached hydrogen (secondary N) is 1. The first-order valence-electron chi connectivity index (χ1n) is 8.42. The summed E-state index contributed by atoms with van der Waals surface area (Å²) >= 11 is 0. The van der Waals surface area contributed by atoms with Gasteiger partial charge < -0.3 is 4.98 Å². The minimum absolute atomic E-state index is 0.908. The Hall–Kier alpha value is -3.39. The number of aromatic nitrogens is 2. The summed E-state index contributed by atoms with van der Waals surface area (Å²) in [6.45, 7) is 0. The second-order valence-corrected chi connectivity index (χ2v) is 6.21. The molecule has 0 radical (unpaired) electrons. The lowest BCUT2D eigenvalue weighted by Crippen LogP contribution is -1.83. The Kier molecular flexibility index (Phi) is 3.14. The number of benzene rings is 4. The third-order valence-electron chi connectivity index (χ3n) is 4.65. The molecular weight excluding hydrogens is 304 g/mol. The number of rotatable bonds is 2. The average Bonchev–Trinajstić information content (AvgIpc) is 3.12. The minimum Gasteiger partial charge on any atom is -0.338 e. The Bertz CT molecular complexity index is 1150. The summed E-state index contributed by atoms with van der Waals surface area (Å²) in [6, 6.07) is 31.7. The highest BCUT2D eigenvalue weighted by molar-refractivity contribution is 5.96. The van der Waals surface area contributed by atoms with Crippen molar-refractivity contribution in [2.24, 2.45) is 0 Å². The molecule has 1 heterocycles. The SMILES string of the molecule is c1ccc2c(-c3ccc(-c4nc5ccccc5[nH]4)cc3)cccc2c1. The molecule has 0 aliphatic rings. The Labute approximate surface area is 145 Å². The number of hydrogen-bond donors (Lipinski definition) is 1. The van der Waals surface area contributed by atoms with Gasteiger partial charge in [-0.05, 0) is 34.0 Å². The van der Waals surface area contributed by atoms with Crippen LogP contribution in [0.25, 0.3) is 44.3 Å². The van der Waals surface area contributed by atoms with Gasteiger partial charge in [-0.15, -0.1) is 0 Å². The second kappa shape index (κ2) is 5.60. The zero-order valence-corrected chi connectivity index (χ0v) is 13.6. The lowest BCUT2D eigenvalue weighted by molar-refractivity contribution is 1.34. The van der Waals surface area contributed by atoms with Crippen LogP contribution in [-0.4, -0.2) is 9.97 Å². The fourth-order valence-corrected chi connectivity index (χ4v) is 3.37. The van der Waals surface area contributed by atoms with E-state index in [2.05, 4.69) is 82.8 Å². The van der Waals surface area contributed by atoms with Crippen LogP contribution in [-0.2, 0) is 0 Å². The van der Waals surface area contributed by atoms with Gasteiger partial charge in [0.05, 0.1) is 11.0 Å². The molecule has 0 saturated carbocycles. The van der Waals surface area contributed by atoms with E-state index in [1.165, 1.54) is 21.9 Å². The molecule has 0 aliphatic carbocycles. The lowest BCUT2D eigenvalue weighted by Gasteiger charge is -2.07. The van der Waals surface area contributed by atoms with Crippen molar-refractivity contribution < 1.29 is 0 Å². The van der Waals surface area contributed by atoms with Gasteiger partial charge in [0.2, 0.25) is 0 Å². The zero-order valence-electron chi connectivity index (χ0n) is 13.6. The summed E-state index contributed by atoms with van der Waals surface area (Å²) in [5.41, 5.74) is 5.64. The molecule has 4 aromatic carbocycles. The summed E-state index contributed by atoms with van der Waals surface area (Å²) in [5, 5.41) is 2.54. The maximum Gasteiger partial charge on any atom is 0.138 e. The number of fused-ring (bicyclic) bond motifs is 2. The van der Waals surface area contributed by atoms with Gasteiger partial charge in [0, 0.05) is 5.56 Å². The first-order chi connectivity index (χ1) is 12.4. The van der Waals surface area contributed by atoms with Crippen molar-refractivity contribution in [3.8, 4) is 22.5 Å². The first kappa shape index (κ1) is 14.0. The number of aromatic amines is 1. The Morgan fingerprint density at radius 1 is 0.600 bits per heavy atom. The molecule has 1 aromatic heterocycles. The molecule has 2 heteroatoms. The number of nitrogens with zero attached hydrogens (tertiary/aromatic N) is 1. The molecule has 0 aliphatic heterocycles. The number of imidazole rings is 1. The van der Waals surface area contributed by atoms with Gasteiger partial charge >= 0.3 is 0 Å². The van der Waals surface area contributed by atoms with Gasteiger partial charge in [-0.3, -0.25) is 0 Å². The van der Waals surface area contributed by atoms with E-state index in [1.807, 2.05) is 18.2 Å². The largest absolute Gasteiger partial charge is 0.338 e. The van der Waals surface area contributed by atoms with Crippen LogP contribution in [0.3, 0.4) is 0 Å². The van der Waals surface area contributed by atoms with Gasteiger partial charge in [-0.1, -0.05) is 78.9 Å². The maximum atomic E-state index is 4.68. The molecule has 0 saturated heterocycles. The summed E-state index contributed by atoms with van der Waals surface area (Å²) in [4.78, 5) is 8.07. The highest BCUT2D eigenvalue weighted by Crippen LogP contribution is 2.30. The predicted molar refractivity (Wildman–Crippen MR) is 104 cm³/mol. The van der Waals surface area contributed by atoms with Gasteiger partial charge in [0.1, 0.15) is 5.82 Å². The predicted octanol–water partition coefficient (Wildman–Crippen LogP) is 6.05. The van der Waals surface area contributed by atoms with Crippen LogP contribution in [0.1, 0.15) is 0 Å². The van der Waals surface area contributed by atoms with Crippen molar-refractivity contribution in [3.05, 3.63) is 91.0 Å². The van der Waals surface area contributed by atoms with Crippen molar-refractivity contribution in [1.82, 2.24) is 9.97 Å². The number of para-hydroxylation sites is 2. The van der Waals surface area contributed by atoms with Crippen LogP contribution in [0.15, 0.2) is 91.0 Å². The third-order valence-corrected chi connectivity index (χ3v) is 4.65. The third kappa shape index (κ3) is 2.39. The van der Waals surface area contributed by atoms with Crippen LogP contribution in [0.2, 0.25) is 0 Å². The van der Waals surface area contributed by atoms with E-state index in [9.17, 15) is 0 Å². The van der Waals surface area contributed by atoms with E-state index in [1.54, 1.807) is 0 Å². The van der Waals surface area contributed by atoms with Gasteiger partial charge in [-0.2, -0.15) is 0 Å². The van der Waals surface area contributed by atoms with E-state index >= 15 is 0 Å². The van der Waals surface area contributed by atoms with Gasteiger partial charge in [-0.25, -0.2) is 4.98 Å². The highest BCUT2D eigenvalue weighted by atomic mass is 14.9. The summed E-state index contributed by atoms with van der Waals surface area (Å²) < 4.78 is 0. The fraction of sp³-hybridized carbons (Fsp3) is 0. The van der Waals surface area contributed by atoms with E-state index in [-0.39, 0.29) is 0 Å². The zero-order chi connectivity index (χ0) is 16.6. The number of hydrogen-bond acceptors (Lipinski definition) is 1. The Morgan fingerprint density at radius 3 is 2.20 bits per heavy atom. The van der Waals surface area contributed by atoms with Gasteiger partial charge in [0.25, 0.3) is 0 Å². The number of H-pyrrole nitrogens is 1. The summed E-state index contributed by atoms with van der Waals surface area (Å²) in [7, 11) is 0. The average molecular weight is 320 g/mol. The molecule has 0 spiro atoms. The molecule has 1 N–H and O–H groups in total. The molecule has 2 nitrogen and oxygen atoms in total. The quantitative estimate of drug-likeness (QED) is 0.421. The topological polar surface area (TPSA) is 28.7 Å².